The predicted molar refractivity (Wildman–Crippen MR) is 129 cm³/mol. The van der Waals surface area contributed by atoms with E-state index in [-0.39, 0.29) is 28.0 Å². The number of carbonyl (C=O) groups is 1. The molecule has 1 aliphatic rings. The van der Waals surface area contributed by atoms with Crippen LogP contribution in [0.15, 0.2) is 60.9 Å². The van der Waals surface area contributed by atoms with Crippen molar-refractivity contribution in [3.05, 3.63) is 94.0 Å². The molecule has 0 saturated carbocycles. The number of fused-ring (bicyclic) bond motifs is 4. The van der Waals surface area contributed by atoms with Gasteiger partial charge in [-0.1, -0.05) is 36.2 Å². The number of rotatable bonds is 2. The number of benzene rings is 2. The Morgan fingerprint density at radius 2 is 1.94 bits per heavy atom. The lowest BCUT2D eigenvalue weighted by atomic mass is 9.88. The Bertz CT molecular complexity index is 1420. The Morgan fingerprint density at radius 1 is 1.09 bits per heavy atom. The number of nitrogens with zero attached hydrogens (tertiary/aromatic N) is 2. The summed E-state index contributed by atoms with van der Waals surface area (Å²) in [4.78, 5) is 12.4. The molecule has 1 aliphatic heterocycles. The third-order valence-corrected chi connectivity index (χ3v) is 6.56. The van der Waals surface area contributed by atoms with E-state index in [0.717, 1.165) is 23.3 Å². The summed E-state index contributed by atoms with van der Waals surface area (Å²) in [5.41, 5.74) is 3.20. The van der Waals surface area contributed by atoms with Crippen LogP contribution in [0.5, 0.6) is 0 Å². The Balaban J connectivity index is 1.58. The summed E-state index contributed by atoms with van der Waals surface area (Å²) in [5.74, 6) is -2.10. The van der Waals surface area contributed by atoms with Crippen LogP contribution in [0.2, 0.25) is 5.02 Å². The molecule has 6 nitrogen and oxygen atoms in total. The molecule has 178 valence electrons. The maximum Gasteiger partial charge on any atom is 0.224 e. The summed E-state index contributed by atoms with van der Waals surface area (Å²) in [6.45, 7) is 0. The van der Waals surface area contributed by atoms with Crippen molar-refractivity contribution >= 4 is 23.2 Å². The molecule has 2 bridgehead atoms. The van der Waals surface area contributed by atoms with Gasteiger partial charge >= 0.3 is 0 Å². The lowest BCUT2D eigenvalue weighted by Crippen LogP contribution is -2.33. The number of hydrogen-bond acceptors (Lipinski definition) is 3. The standard InChI is InChI=1S/C26H21ClF2N4O2/c27-19-9-10-20(28)24(25(19)29)17-8-11-22(33(35)14-17)18-6-1-2-7-23(34)31-21-13-30-32-26(21)16-5-3-4-15(18)12-16/h3-5,8-14,18H,1-2,6-7H2,(H,30,32)(H,31,34). The molecule has 0 aliphatic carbocycles. The van der Waals surface area contributed by atoms with Gasteiger partial charge in [0.15, 0.2) is 17.7 Å². The summed E-state index contributed by atoms with van der Waals surface area (Å²) in [5, 5.41) is 22.8. The van der Waals surface area contributed by atoms with Crippen LogP contribution < -0.4 is 10.0 Å². The van der Waals surface area contributed by atoms with Crippen molar-refractivity contribution in [2.45, 2.75) is 31.6 Å². The Labute approximate surface area is 205 Å². The van der Waals surface area contributed by atoms with Crippen molar-refractivity contribution in [3.63, 3.8) is 0 Å². The van der Waals surface area contributed by atoms with Gasteiger partial charge in [-0.15, -0.1) is 0 Å². The topological polar surface area (TPSA) is 84.7 Å². The number of aromatic nitrogens is 3. The van der Waals surface area contributed by atoms with Crippen LogP contribution in [-0.2, 0) is 4.79 Å². The zero-order valence-electron chi connectivity index (χ0n) is 18.5. The van der Waals surface area contributed by atoms with Crippen LogP contribution in [0, 0.1) is 16.8 Å². The minimum absolute atomic E-state index is 0.0990. The van der Waals surface area contributed by atoms with E-state index < -0.39 is 11.6 Å². The second kappa shape index (κ2) is 9.46. The normalized spacial score (nSPS) is 16.1. The highest BCUT2D eigenvalue weighted by Gasteiger charge is 2.25. The van der Waals surface area contributed by atoms with Crippen molar-refractivity contribution in [1.29, 1.82) is 0 Å². The van der Waals surface area contributed by atoms with Gasteiger partial charge in [0.2, 0.25) is 5.91 Å². The molecule has 4 aromatic rings. The molecular formula is C26H21ClF2N4O2. The second-order valence-corrected chi connectivity index (χ2v) is 8.92. The number of anilines is 1. The van der Waals surface area contributed by atoms with Crippen molar-refractivity contribution in [2.24, 2.45) is 0 Å². The van der Waals surface area contributed by atoms with Crippen molar-refractivity contribution in [2.75, 3.05) is 5.32 Å². The maximum absolute atomic E-state index is 14.5. The second-order valence-electron chi connectivity index (χ2n) is 8.52. The molecule has 1 unspecified atom stereocenters. The van der Waals surface area contributed by atoms with Crippen LogP contribution >= 0.6 is 11.6 Å². The summed E-state index contributed by atoms with van der Waals surface area (Å²) in [7, 11) is 0. The fourth-order valence-corrected chi connectivity index (χ4v) is 4.70. The minimum Gasteiger partial charge on any atom is -0.618 e. The van der Waals surface area contributed by atoms with Crippen LogP contribution in [0.4, 0.5) is 14.5 Å². The molecule has 3 heterocycles. The number of pyridine rings is 1. The number of aromatic amines is 1. The van der Waals surface area contributed by atoms with Gasteiger partial charge in [0.05, 0.1) is 39.6 Å². The first-order chi connectivity index (χ1) is 16.9. The molecule has 5 rings (SSSR count). The highest BCUT2D eigenvalue weighted by atomic mass is 35.5. The van der Waals surface area contributed by atoms with Crippen LogP contribution in [-0.4, -0.2) is 16.1 Å². The molecule has 0 fully saturated rings. The fraction of sp³-hybridized carbons (Fsp3) is 0.192. The molecule has 0 spiro atoms. The molecule has 35 heavy (non-hydrogen) atoms. The zero-order chi connectivity index (χ0) is 24.5. The minimum atomic E-state index is -0.910. The van der Waals surface area contributed by atoms with Crippen LogP contribution in [0.3, 0.4) is 0 Å². The predicted octanol–water partition coefficient (Wildman–Crippen LogP) is 5.95. The summed E-state index contributed by atoms with van der Waals surface area (Å²) < 4.78 is 29.6. The van der Waals surface area contributed by atoms with E-state index in [1.165, 1.54) is 12.3 Å². The molecule has 0 saturated heterocycles. The van der Waals surface area contributed by atoms with E-state index >= 15 is 0 Å². The Kier molecular flexibility index (Phi) is 6.21. The zero-order valence-corrected chi connectivity index (χ0v) is 19.3. The van der Waals surface area contributed by atoms with Gasteiger partial charge in [-0.05, 0) is 42.7 Å². The van der Waals surface area contributed by atoms with Gasteiger partial charge in [0.1, 0.15) is 5.82 Å². The number of halogens is 3. The summed E-state index contributed by atoms with van der Waals surface area (Å²) >= 11 is 5.83. The number of H-pyrrole nitrogens is 1. The van der Waals surface area contributed by atoms with E-state index in [1.54, 1.807) is 12.3 Å². The molecular weight excluding hydrogens is 474 g/mol. The monoisotopic (exact) mass is 494 g/mol. The van der Waals surface area contributed by atoms with Crippen LogP contribution in [0.1, 0.15) is 42.9 Å². The number of nitrogens with one attached hydrogen (secondary N) is 2. The van der Waals surface area contributed by atoms with Gasteiger partial charge in [-0.2, -0.15) is 9.83 Å². The van der Waals surface area contributed by atoms with E-state index in [4.69, 9.17) is 11.6 Å². The quantitative estimate of drug-likeness (QED) is 0.205. The lowest BCUT2D eigenvalue weighted by molar-refractivity contribution is -0.614. The Hall–Kier alpha value is -3.78. The van der Waals surface area contributed by atoms with E-state index in [1.807, 2.05) is 24.3 Å². The first-order valence-corrected chi connectivity index (χ1v) is 11.6. The molecule has 2 aromatic carbocycles. The number of amides is 1. The van der Waals surface area contributed by atoms with Gasteiger partial charge in [-0.3, -0.25) is 9.89 Å². The lowest BCUT2D eigenvalue weighted by Gasteiger charge is -2.19. The average Bonchev–Trinajstić information content (AvgIpc) is 3.30. The smallest absolute Gasteiger partial charge is 0.224 e. The fourth-order valence-electron chi connectivity index (χ4n) is 4.55. The van der Waals surface area contributed by atoms with Crippen LogP contribution in [0.25, 0.3) is 22.4 Å². The molecule has 0 radical (unpaired) electrons. The van der Waals surface area contributed by atoms with Gasteiger partial charge < -0.3 is 10.5 Å². The number of hydrogen-bond donors (Lipinski definition) is 2. The molecule has 9 heteroatoms. The molecule has 2 N–H and O–H groups in total. The van der Waals surface area contributed by atoms with Crippen molar-refractivity contribution < 1.29 is 18.3 Å². The molecule has 1 amide bonds. The van der Waals surface area contributed by atoms with Crippen molar-refractivity contribution in [3.8, 4) is 22.4 Å². The van der Waals surface area contributed by atoms with Crippen molar-refractivity contribution in [1.82, 2.24) is 10.2 Å². The average molecular weight is 495 g/mol. The number of carbonyl (C=O) groups excluding carboxylic acids is 1. The first-order valence-electron chi connectivity index (χ1n) is 11.2. The summed E-state index contributed by atoms with van der Waals surface area (Å²) in [6.07, 6.45) is 5.06. The van der Waals surface area contributed by atoms with Gasteiger partial charge in [0, 0.05) is 18.1 Å². The van der Waals surface area contributed by atoms with E-state index in [9.17, 15) is 18.8 Å². The van der Waals surface area contributed by atoms with E-state index in [0.29, 0.717) is 47.5 Å². The van der Waals surface area contributed by atoms with Gasteiger partial charge in [0.25, 0.3) is 0 Å². The third-order valence-electron chi connectivity index (χ3n) is 6.27. The van der Waals surface area contributed by atoms with E-state index in [2.05, 4.69) is 15.5 Å². The maximum atomic E-state index is 14.5. The largest absolute Gasteiger partial charge is 0.618 e. The Morgan fingerprint density at radius 3 is 2.77 bits per heavy atom. The summed E-state index contributed by atoms with van der Waals surface area (Å²) in [6, 6.07) is 13.0. The highest BCUT2D eigenvalue weighted by molar-refractivity contribution is 6.31. The molecule has 1 atom stereocenters. The third kappa shape index (κ3) is 4.49. The SMILES string of the molecule is O=C1CCCCC(c2ccc(-c3c(F)ccc(Cl)c3F)c[n+]2[O-])c2cccc(c2)-c2[nH]ncc2N1. The van der Waals surface area contributed by atoms with Gasteiger partial charge in [-0.25, -0.2) is 8.78 Å². The molecule has 2 aromatic heterocycles. The highest BCUT2D eigenvalue weighted by Crippen LogP contribution is 2.35. The first kappa shape index (κ1) is 23.0.